The molecule has 6 rings (SSSR count). The van der Waals surface area contributed by atoms with E-state index >= 15 is 0 Å². The molecule has 9 heteroatoms. The first-order valence-electron chi connectivity index (χ1n) is 10.8. The maximum Gasteiger partial charge on any atom is 0.167 e. The number of piperazine rings is 1. The summed E-state index contributed by atoms with van der Waals surface area (Å²) in [5, 5.41) is 0. The third-order valence-electron chi connectivity index (χ3n) is 6.24. The van der Waals surface area contributed by atoms with Crippen LogP contribution in [0.3, 0.4) is 0 Å². The van der Waals surface area contributed by atoms with Crippen molar-refractivity contribution in [1.29, 1.82) is 0 Å². The molecule has 8 nitrogen and oxygen atoms in total. The molecule has 3 aromatic rings. The Morgan fingerprint density at radius 3 is 2.41 bits per heavy atom. The fourth-order valence-corrected chi connectivity index (χ4v) is 4.05. The lowest BCUT2D eigenvalue weighted by Crippen LogP contribution is -2.47. The maximum absolute atomic E-state index is 14.4. The summed E-state index contributed by atoms with van der Waals surface area (Å²) in [6, 6.07) is 7.07. The van der Waals surface area contributed by atoms with Gasteiger partial charge < -0.3 is 14.5 Å². The van der Waals surface area contributed by atoms with E-state index in [2.05, 4.69) is 34.7 Å². The number of hydrogen-bond acceptors (Lipinski definition) is 8. The van der Waals surface area contributed by atoms with Gasteiger partial charge in [0.2, 0.25) is 0 Å². The number of ether oxygens (including phenoxy) is 1. The lowest BCUT2D eigenvalue weighted by molar-refractivity contribution is 0.191. The Bertz CT molecular complexity index is 1200. The highest BCUT2D eigenvalue weighted by atomic mass is 19.1. The molecule has 3 aliphatic rings. The minimum atomic E-state index is -0.371. The van der Waals surface area contributed by atoms with E-state index in [-0.39, 0.29) is 17.2 Å². The maximum atomic E-state index is 14.4. The summed E-state index contributed by atoms with van der Waals surface area (Å²) in [5.74, 6) is 1.71. The van der Waals surface area contributed by atoms with Crippen molar-refractivity contribution in [3.05, 3.63) is 60.2 Å². The second-order valence-electron chi connectivity index (χ2n) is 8.62. The quantitative estimate of drug-likeness (QED) is 0.480. The van der Waals surface area contributed by atoms with Crippen LogP contribution in [0.5, 0.6) is 5.75 Å². The van der Waals surface area contributed by atoms with E-state index in [9.17, 15) is 4.39 Å². The first-order valence-corrected chi connectivity index (χ1v) is 10.8. The number of halogens is 1. The number of benzene rings is 1. The molecule has 1 saturated carbocycles. The zero-order valence-electron chi connectivity index (χ0n) is 17.7. The molecule has 0 spiro atoms. The summed E-state index contributed by atoms with van der Waals surface area (Å²) in [6.07, 6.45) is 6.79. The highest BCUT2D eigenvalue weighted by molar-refractivity contribution is 6.21. The monoisotopic (exact) mass is 431 g/mol. The summed E-state index contributed by atoms with van der Waals surface area (Å²) in [5.41, 5.74) is 2.73. The van der Waals surface area contributed by atoms with Crippen LogP contribution in [-0.2, 0) is 0 Å². The molecule has 0 atom stereocenters. The number of anilines is 2. The first-order chi connectivity index (χ1) is 15.6. The normalized spacial score (nSPS) is 18.5. The zero-order valence-corrected chi connectivity index (χ0v) is 17.7. The average molecular weight is 431 g/mol. The van der Waals surface area contributed by atoms with Crippen LogP contribution in [0.1, 0.15) is 31.0 Å². The molecule has 2 aliphatic heterocycles. The van der Waals surface area contributed by atoms with Crippen molar-refractivity contribution in [2.75, 3.05) is 36.0 Å². The van der Waals surface area contributed by atoms with Crippen LogP contribution in [0.25, 0.3) is 0 Å². The van der Waals surface area contributed by atoms with E-state index in [0.29, 0.717) is 5.69 Å². The minimum Gasteiger partial charge on any atom is -0.484 e. The molecule has 32 heavy (non-hydrogen) atoms. The van der Waals surface area contributed by atoms with Gasteiger partial charge in [0.1, 0.15) is 29.9 Å². The van der Waals surface area contributed by atoms with Gasteiger partial charge in [0.05, 0.1) is 17.1 Å². The molecule has 0 amide bonds. The highest BCUT2D eigenvalue weighted by Crippen LogP contribution is 2.43. The largest absolute Gasteiger partial charge is 0.484 e. The summed E-state index contributed by atoms with van der Waals surface area (Å²) >= 11 is 0. The van der Waals surface area contributed by atoms with Gasteiger partial charge in [-0.2, -0.15) is 0 Å². The lowest BCUT2D eigenvalue weighted by atomic mass is 9.98. The van der Waals surface area contributed by atoms with Gasteiger partial charge >= 0.3 is 0 Å². The van der Waals surface area contributed by atoms with E-state index in [1.54, 1.807) is 24.9 Å². The Morgan fingerprint density at radius 2 is 1.69 bits per heavy atom. The van der Waals surface area contributed by atoms with Crippen molar-refractivity contribution in [2.45, 2.75) is 25.4 Å². The summed E-state index contributed by atoms with van der Waals surface area (Å²) in [4.78, 5) is 26.2. The smallest absolute Gasteiger partial charge is 0.167 e. The third-order valence-corrected chi connectivity index (χ3v) is 6.24. The Labute approximate surface area is 184 Å². The van der Waals surface area contributed by atoms with E-state index in [1.165, 1.54) is 6.07 Å². The Balaban J connectivity index is 1.19. The molecule has 2 fully saturated rings. The Morgan fingerprint density at radius 1 is 0.938 bits per heavy atom. The fraction of sp³-hybridized carbons (Fsp3) is 0.348. The first kappa shape index (κ1) is 19.1. The predicted octanol–water partition coefficient (Wildman–Crippen LogP) is 3.15. The lowest BCUT2D eigenvalue weighted by Gasteiger charge is -2.36. The van der Waals surface area contributed by atoms with Gasteiger partial charge in [-0.1, -0.05) is 0 Å². The van der Waals surface area contributed by atoms with E-state index in [1.807, 2.05) is 19.1 Å². The van der Waals surface area contributed by atoms with Crippen molar-refractivity contribution in [3.63, 3.8) is 0 Å². The number of rotatable bonds is 5. The third kappa shape index (κ3) is 3.43. The van der Waals surface area contributed by atoms with Gasteiger partial charge in [0, 0.05) is 50.1 Å². The molecule has 0 N–H and O–H groups in total. The molecular formula is C23H22FN7O. The number of nitrogens with zero attached hydrogens (tertiary/aromatic N) is 7. The van der Waals surface area contributed by atoms with Crippen LogP contribution in [0.15, 0.2) is 48.1 Å². The molecule has 4 heterocycles. The summed E-state index contributed by atoms with van der Waals surface area (Å²) in [6.45, 7) is 5.34. The second kappa shape index (κ2) is 7.22. The van der Waals surface area contributed by atoms with Gasteiger partial charge in [-0.3, -0.25) is 0 Å². The highest BCUT2D eigenvalue weighted by Gasteiger charge is 2.41. The minimum absolute atomic E-state index is 0.244. The fourth-order valence-electron chi connectivity index (χ4n) is 4.05. The van der Waals surface area contributed by atoms with Crippen LogP contribution < -0.4 is 14.5 Å². The molecule has 1 aromatic carbocycles. The van der Waals surface area contributed by atoms with Gasteiger partial charge in [-0.15, -0.1) is 0 Å². The molecule has 0 unspecified atom stereocenters. The number of aromatic nitrogens is 4. The van der Waals surface area contributed by atoms with Crippen LogP contribution in [0.2, 0.25) is 0 Å². The molecule has 1 saturated heterocycles. The molecule has 2 aromatic heterocycles. The second-order valence-corrected chi connectivity index (χ2v) is 8.62. The van der Waals surface area contributed by atoms with Crippen LogP contribution in [0, 0.1) is 5.82 Å². The molecule has 0 radical (unpaired) electrons. The van der Waals surface area contributed by atoms with Crippen LogP contribution in [0.4, 0.5) is 21.7 Å². The molecular weight excluding hydrogens is 409 g/mol. The Hall–Kier alpha value is -3.62. The van der Waals surface area contributed by atoms with Crippen LogP contribution >= 0.6 is 0 Å². The van der Waals surface area contributed by atoms with Gasteiger partial charge in [0.25, 0.3) is 0 Å². The van der Waals surface area contributed by atoms with Gasteiger partial charge in [-0.05, 0) is 31.9 Å². The van der Waals surface area contributed by atoms with Gasteiger partial charge in [-0.25, -0.2) is 29.3 Å². The van der Waals surface area contributed by atoms with Gasteiger partial charge in [0.15, 0.2) is 11.6 Å². The molecule has 162 valence electrons. The molecule has 0 bridgehead atoms. The molecule has 1 aliphatic carbocycles. The van der Waals surface area contributed by atoms with Crippen molar-refractivity contribution in [1.82, 2.24) is 19.9 Å². The SMILES string of the molecule is CC1(Oc2cc3c(cc2F)N=C3c2cc(N3CCN(c4ccncn4)CC3)ncn2)CC1. The van der Waals surface area contributed by atoms with Crippen molar-refractivity contribution in [3.8, 4) is 5.75 Å². The standard InChI is InChI=1S/C23H22FN7O/c1-23(3-4-23)32-19-10-15-17(11-16(19)24)29-22(15)18-12-21(28-14-26-18)31-8-6-30(7-9-31)20-2-5-25-13-27-20/h2,5,10-14H,3-4,6-9H2,1H3. The number of fused-ring (bicyclic) bond motifs is 1. The van der Waals surface area contributed by atoms with Crippen molar-refractivity contribution < 1.29 is 9.13 Å². The van der Waals surface area contributed by atoms with Crippen molar-refractivity contribution >= 4 is 23.0 Å². The van der Waals surface area contributed by atoms with Crippen LogP contribution in [-0.4, -0.2) is 57.4 Å². The summed E-state index contributed by atoms with van der Waals surface area (Å²) < 4.78 is 20.3. The Kier molecular flexibility index (Phi) is 4.31. The van der Waals surface area contributed by atoms with E-state index < -0.39 is 0 Å². The predicted molar refractivity (Wildman–Crippen MR) is 118 cm³/mol. The number of hydrogen-bond donors (Lipinski definition) is 0. The number of aliphatic imine (C=N–C) groups is 1. The topological polar surface area (TPSA) is 79.6 Å². The average Bonchev–Trinajstić information content (AvgIpc) is 3.55. The zero-order chi connectivity index (χ0) is 21.7. The van der Waals surface area contributed by atoms with E-state index in [4.69, 9.17) is 4.74 Å². The van der Waals surface area contributed by atoms with Crippen molar-refractivity contribution in [2.24, 2.45) is 4.99 Å². The summed E-state index contributed by atoms with van der Waals surface area (Å²) in [7, 11) is 0. The van der Waals surface area contributed by atoms with E-state index in [0.717, 1.165) is 67.6 Å².